The monoisotopic (exact) mass is 276 g/mol. The molecule has 0 amide bonds. The first kappa shape index (κ1) is 17.1. The van der Waals surface area contributed by atoms with Gasteiger partial charge >= 0.3 is 0 Å². The first-order valence-electron chi connectivity index (χ1n) is 8.00. The lowest BCUT2D eigenvalue weighted by atomic mass is 9.74. The second-order valence-electron chi connectivity index (χ2n) is 7.48. The zero-order chi connectivity index (χ0) is 15.6. The van der Waals surface area contributed by atoms with Crippen molar-refractivity contribution in [3.05, 3.63) is 28.8 Å². The summed E-state index contributed by atoms with van der Waals surface area (Å²) in [6.07, 6.45) is 4.46. The van der Waals surface area contributed by atoms with Crippen LogP contribution in [0.3, 0.4) is 0 Å². The summed E-state index contributed by atoms with van der Waals surface area (Å²) in [5, 5.41) is 10.8. The molecule has 0 bridgehead atoms. The van der Waals surface area contributed by atoms with Crippen LogP contribution in [-0.2, 0) is 10.8 Å². The molecule has 0 atom stereocenters. The van der Waals surface area contributed by atoms with E-state index in [-0.39, 0.29) is 10.8 Å². The topological polar surface area (TPSA) is 20.2 Å². The number of phenolic OH excluding ortho intramolecular Hbond substituents is 1. The molecule has 0 aliphatic heterocycles. The van der Waals surface area contributed by atoms with Gasteiger partial charge in [0.05, 0.1) is 0 Å². The minimum Gasteiger partial charge on any atom is -0.507 e. The molecular formula is C19H32O. The van der Waals surface area contributed by atoms with Crippen LogP contribution in [0.5, 0.6) is 5.75 Å². The summed E-state index contributed by atoms with van der Waals surface area (Å²) in [7, 11) is 0. The highest BCUT2D eigenvalue weighted by Gasteiger charge is 2.30. The number of aromatic hydroxyl groups is 1. The third-order valence-corrected chi connectivity index (χ3v) is 4.46. The molecule has 0 unspecified atom stereocenters. The largest absolute Gasteiger partial charge is 0.507 e. The summed E-state index contributed by atoms with van der Waals surface area (Å²) in [5.74, 6) is 0.521. The first-order chi connectivity index (χ1) is 9.15. The molecule has 0 aromatic heterocycles. The molecule has 1 aromatic rings. The molecule has 0 saturated carbocycles. The smallest absolute Gasteiger partial charge is 0.123 e. The maximum Gasteiger partial charge on any atom is 0.123 e. The number of phenols is 1. The quantitative estimate of drug-likeness (QED) is 0.690. The van der Waals surface area contributed by atoms with Crippen molar-refractivity contribution in [3.63, 3.8) is 0 Å². The Morgan fingerprint density at radius 2 is 1.20 bits per heavy atom. The first-order valence-corrected chi connectivity index (χ1v) is 8.00. The highest BCUT2D eigenvalue weighted by molar-refractivity contribution is 5.50. The van der Waals surface area contributed by atoms with Crippen LogP contribution in [-0.4, -0.2) is 5.11 Å². The van der Waals surface area contributed by atoms with E-state index in [1.54, 1.807) is 0 Å². The van der Waals surface area contributed by atoms with E-state index in [1.165, 1.54) is 5.56 Å². The maximum absolute atomic E-state index is 10.8. The fourth-order valence-electron chi connectivity index (χ4n) is 3.33. The number of benzene rings is 1. The molecule has 0 fully saturated rings. The molecule has 0 spiro atoms. The van der Waals surface area contributed by atoms with Crippen LogP contribution < -0.4 is 0 Å². The molecule has 0 aliphatic rings. The van der Waals surface area contributed by atoms with E-state index in [4.69, 9.17) is 0 Å². The van der Waals surface area contributed by atoms with Crippen LogP contribution in [0.15, 0.2) is 12.1 Å². The van der Waals surface area contributed by atoms with E-state index in [1.807, 2.05) is 0 Å². The Balaban J connectivity index is 3.40. The number of hydrogen-bond acceptors (Lipinski definition) is 1. The van der Waals surface area contributed by atoms with Crippen molar-refractivity contribution in [1.29, 1.82) is 0 Å². The van der Waals surface area contributed by atoms with Crippen molar-refractivity contribution in [1.82, 2.24) is 0 Å². The molecule has 0 aliphatic carbocycles. The van der Waals surface area contributed by atoms with Crippen LogP contribution in [0.2, 0.25) is 0 Å². The lowest BCUT2D eigenvalue weighted by Gasteiger charge is -2.32. The standard InChI is InChI=1S/C19H32O/c1-8-10-18(4,5)15-12-14(3)13-16(17(15)20)19(6,7)11-9-2/h12-13,20H,8-11H2,1-7H3. The Morgan fingerprint density at radius 3 is 1.50 bits per heavy atom. The van der Waals surface area contributed by atoms with Crippen molar-refractivity contribution in [2.75, 3.05) is 0 Å². The lowest BCUT2D eigenvalue weighted by Crippen LogP contribution is -2.22. The molecular weight excluding hydrogens is 244 g/mol. The van der Waals surface area contributed by atoms with Gasteiger partial charge in [-0.15, -0.1) is 0 Å². The van der Waals surface area contributed by atoms with Crippen molar-refractivity contribution in [2.45, 2.75) is 85.0 Å². The van der Waals surface area contributed by atoms with Crippen LogP contribution in [0, 0.1) is 6.92 Å². The Bertz CT molecular complexity index is 416. The Morgan fingerprint density at radius 1 is 0.850 bits per heavy atom. The van der Waals surface area contributed by atoms with E-state index in [0.29, 0.717) is 5.75 Å². The van der Waals surface area contributed by atoms with Gasteiger partial charge in [0.1, 0.15) is 5.75 Å². The Hall–Kier alpha value is -0.980. The fraction of sp³-hybridized carbons (Fsp3) is 0.684. The molecule has 0 radical (unpaired) electrons. The summed E-state index contributed by atoms with van der Waals surface area (Å²) in [4.78, 5) is 0. The van der Waals surface area contributed by atoms with Crippen LogP contribution in [0.4, 0.5) is 0 Å². The minimum atomic E-state index is 0.0297. The summed E-state index contributed by atoms with van der Waals surface area (Å²) in [6.45, 7) is 15.5. The van der Waals surface area contributed by atoms with Gasteiger partial charge in [0.15, 0.2) is 0 Å². The molecule has 0 saturated heterocycles. The summed E-state index contributed by atoms with van der Waals surface area (Å²) in [6, 6.07) is 4.33. The predicted molar refractivity (Wildman–Crippen MR) is 88.7 cm³/mol. The van der Waals surface area contributed by atoms with Gasteiger partial charge in [-0.05, 0) is 30.6 Å². The van der Waals surface area contributed by atoms with Gasteiger partial charge < -0.3 is 5.11 Å². The van der Waals surface area contributed by atoms with Crippen molar-refractivity contribution in [2.24, 2.45) is 0 Å². The van der Waals surface area contributed by atoms with E-state index in [0.717, 1.165) is 36.8 Å². The average Bonchev–Trinajstić information content (AvgIpc) is 2.31. The fourth-order valence-corrected chi connectivity index (χ4v) is 3.33. The van der Waals surface area contributed by atoms with E-state index in [2.05, 4.69) is 60.6 Å². The average molecular weight is 276 g/mol. The van der Waals surface area contributed by atoms with Crippen LogP contribution in [0.25, 0.3) is 0 Å². The zero-order valence-electron chi connectivity index (χ0n) is 14.4. The maximum atomic E-state index is 10.8. The van der Waals surface area contributed by atoms with Crippen LogP contribution >= 0.6 is 0 Å². The molecule has 20 heavy (non-hydrogen) atoms. The molecule has 1 heteroatoms. The van der Waals surface area contributed by atoms with Crippen molar-refractivity contribution >= 4 is 0 Å². The van der Waals surface area contributed by atoms with Gasteiger partial charge in [-0.3, -0.25) is 0 Å². The molecule has 1 aromatic carbocycles. The van der Waals surface area contributed by atoms with Crippen molar-refractivity contribution in [3.8, 4) is 5.75 Å². The predicted octanol–water partition coefficient (Wildman–Crippen LogP) is 5.86. The summed E-state index contributed by atoms with van der Waals surface area (Å²) >= 11 is 0. The zero-order valence-corrected chi connectivity index (χ0v) is 14.4. The molecule has 1 rings (SSSR count). The molecule has 1 N–H and O–H groups in total. The molecule has 1 nitrogen and oxygen atoms in total. The number of rotatable bonds is 6. The normalized spacial score (nSPS) is 12.8. The van der Waals surface area contributed by atoms with Gasteiger partial charge in [0.2, 0.25) is 0 Å². The number of hydrogen-bond donors (Lipinski definition) is 1. The molecule has 0 heterocycles. The van der Waals surface area contributed by atoms with Crippen molar-refractivity contribution < 1.29 is 5.11 Å². The highest BCUT2D eigenvalue weighted by atomic mass is 16.3. The highest BCUT2D eigenvalue weighted by Crippen LogP contribution is 2.43. The third kappa shape index (κ3) is 3.56. The molecule has 114 valence electrons. The Labute approximate surface area is 125 Å². The lowest BCUT2D eigenvalue weighted by molar-refractivity contribution is 0.388. The van der Waals surface area contributed by atoms with E-state index < -0.39 is 0 Å². The Kier molecular flexibility index (Phi) is 5.29. The minimum absolute atomic E-state index is 0.0297. The van der Waals surface area contributed by atoms with Gasteiger partial charge in [0, 0.05) is 11.1 Å². The third-order valence-electron chi connectivity index (χ3n) is 4.46. The van der Waals surface area contributed by atoms with E-state index >= 15 is 0 Å². The van der Waals surface area contributed by atoms with E-state index in [9.17, 15) is 5.11 Å². The van der Waals surface area contributed by atoms with Gasteiger partial charge in [-0.25, -0.2) is 0 Å². The summed E-state index contributed by atoms with van der Waals surface area (Å²) < 4.78 is 0. The van der Waals surface area contributed by atoms with Gasteiger partial charge in [-0.1, -0.05) is 72.1 Å². The number of aryl methyl sites for hydroxylation is 1. The summed E-state index contributed by atoms with van der Waals surface area (Å²) in [5.41, 5.74) is 3.53. The SMILES string of the molecule is CCCC(C)(C)c1cc(C)cc(C(C)(C)CCC)c1O. The van der Waals surface area contributed by atoms with Gasteiger partial charge in [0.25, 0.3) is 0 Å². The van der Waals surface area contributed by atoms with Crippen LogP contribution in [0.1, 0.15) is 83.9 Å². The van der Waals surface area contributed by atoms with Gasteiger partial charge in [-0.2, -0.15) is 0 Å². The second kappa shape index (κ2) is 6.20. The second-order valence-corrected chi connectivity index (χ2v) is 7.48.